The lowest BCUT2D eigenvalue weighted by Crippen LogP contribution is -2.13. The maximum Gasteiger partial charge on any atom is 0.269 e. The van der Waals surface area contributed by atoms with E-state index in [-0.39, 0.29) is 11.3 Å². The van der Waals surface area contributed by atoms with Crippen molar-refractivity contribution in [1.29, 1.82) is 5.26 Å². The van der Waals surface area contributed by atoms with Crippen LogP contribution >= 0.6 is 23.2 Å². The number of benzene rings is 2. The number of carbonyl (C=O) groups is 1. The quantitative estimate of drug-likeness (QED) is 0.376. The topological polar surface area (TPSA) is 96.0 Å². The van der Waals surface area contributed by atoms with Crippen LogP contribution in [0.3, 0.4) is 0 Å². The number of halogens is 2. The van der Waals surface area contributed by atoms with E-state index in [2.05, 4.69) is 5.32 Å². The highest BCUT2D eigenvalue weighted by molar-refractivity contribution is 6.35. The van der Waals surface area contributed by atoms with Crippen LogP contribution in [0, 0.1) is 21.4 Å². The lowest BCUT2D eigenvalue weighted by molar-refractivity contribution is -0.384. The summed E-state index contributed by atoms with van der Waals surface area (Å²) in [7, 11) is 0. The van der Waals surface area contributed by atoms with Gasteiger partial charge >= 0.3 is 0 Å². The summed E-state index contributed by atoms with van der Waals surface area (Å²) in [6.07, 6.45) is 1.32. The van der Waals surface area contributed by atoms with Gasteiger partial charge in [0.1, 0.15) is 11.6 Å². The number of rotatable bonds is 4. The van der Waals surface area contributed by atoms with Gasteiger partial charge in [0.2, 0.25) is 0 Å². The monoisotopic (exact) mass is 361 g/mol. The van der Waals surface area contributed by atoms with Gasteiger partial charge in [-0.2, -0.15) is 5.26 Å². The van der Waals surface area contributed by atoms with Crippen molar-refractivity contribution >= 4 is 46.6 Å². The molecular formula is C16H9Cl2N3O3. The molecule has 2 rings (SSSR count). The van der Waals surface area contributed by atoms with E-state index in [1.807, 2.05) is 0 Å². The second kappa shape index (κ2) is 7.59. The summed E-state index contributed by atoms with van der Waals surface area (Å²) < 4.78 is 0. The molecule has 0 bridgehead atoms. The fraction of sp³-hybridized carbons (Fsp3) is 0. The molecule has 0 spiro atoms. The number of nitrogens with zero attached hydrogens (tertiary/aromatic N) is 2. The number of carbonyl (C=O) groups excluding carboxylic acids is 1. The molecule has 0 aliphatic rings. The lowest BCUT2D eigenvalue weighted by atomic mass is 10.1. The fourth-order valence-electron chi connectivity index (χ4n) is 1.83. The lowest BCUT2D eigenvalue weighted by Gasteiger charge is -2.05. The minimum atomic E-state index is -0.644. The van der Waals surface area contributed by atoms with Gasteiger partial charge in [-0.3, -0.25) is 14.9 Å². The molecule has 0 atom stereocenters. The first-order valence-corrected chi connectivity index (χ1v) is 7.28. The summed E-state index contributed by atoms with van der Waals surface area (Å²) in [5.74, 6) is -0.644. The van der Waals surface area contributed by atoms with E-state index in [1.165, 1.54) is 48.5 Å². The van der Waals surface area contributed by atoms with E-state index in [4.69, 9.17) is 28.5 Å². The third-order valence-electron chi connectivity index (χ3n) is 2.90. The van der Waals surface area contributed by atoms with E-state index in [0.717, 1.165) is 0 Å². The molecule has 0 heterocycles. The van der Waals surface area contributed by atoms with Crippen molar-refractivity contribution in [2.75, 3.05) is 5.32 Å². The third-order valence-corrected chi connectivity index (χ3v) is 3.34. The first-order chi connectivity index (χ1) is 11.4. The maximum atomic E-state index is 12.1. The maximum absolute atomic E-state index is 12.1. The SMILES string of the molecule is N#C/C(=C\c1ccc([N+](=O)[O-])cc1)C(=O)Nc1cc(Cl)cc(Cl)c1. The zero-order valence-corrected chi connectivity index (χ0v) is 13.5. The zero-order chi connectivity index (χ0) is 17.7. The molecule has 0 aliphatic carbocycles. The number of anilines is 1. The predicted molar refractivity (Wildman–Crippen MR) is 91.8 cm³/mol. The number of amides is 1. The molecule has 0 fully saturated rings. The third kappa shape index (κ3) is 4.56. The van der Waals surface area contributed by atoms with Gasteiger partial charge in [-0.1, -0.05) is 23.2 Å². The fourth-order valence-corrected chi connectivity index (χ4v) is 2.36. The van der Waals surface area contributed by atoms with Crippen molar-refractivity contribution in [2.24, 2.45) is 0 Å². The van der Waals surface area contributed by atoms with E-state index >= 15 is 0 Å². The molecule has 8 heteroatoms. The van der Waals surface area contributed by atoms with Crippen LogP contribution < -0.4 is 5.32 Å². The summed E-state index contributed by atoms with van der Waals surface area (Å²) in [6.45, 7) is 0. The Balaban J connectivity index is 2.22. The minimum absolute atomic E-state index is 0.0799. The van der Waals surface area contributed by atoms with Gasteiger partial charge in [0.25, 0.3) is 11.6 Å². The van der Waals surface area contributed by atoms with Crippen molar-refractivity contribution in [2.45, 2.75) is 0 Å². The number of non-ortho nitro benzene ring substituents is 1. The van der Waals surface area contributed by atoms with Crippen LogP contribution in [0.5, 0.6) is 0 Å². The molecule has 2 aromatic carbocycles. The second-order valence-corrected chi connectivity index (χ2v) is 5.50. The van der Waals surface area contributed by atoms with Crippen LogP contribution in [0.25, 0.3) is 6.08 Å². The molecule has 0 aromatic heterocycles. The van der Waals surface area contributed by atoms with Crippen LogP contribution in [-0.4, -0.2) is 10.8 Å². The summed E-state index contributed by atoms with van der Waals surface area (Å²) in [6, 6.07) is 11.7. The van der Waals surface area contributed by atoms with E-state index in [1.54, 1.807) is 6.07 Å². The summed E-state index contributed by atoms with van der Waals surface area (Å²) in [5.41, 5.74) is 0.586. The van der Waals surface area contributed by atoms with Gasteiger partial charge in [0.05, 0.1) is 4.92 Å². The van der Waals surface area contributed by atoms with Crippen LogP contribution in [0.4, 0.5) is 11.4 Å². The van der Waals surface area contributed by atoms with Crippen molar-refractivity contribution in [3.63, 3.8) is 0 Å². The van der Waals surface area contributed by atoms with Crippen LogP contribution in [-0.2, 0) is 4.79 Å². The zero-order valence-electron chi connectivity index (χ0n) is 12.0. The standard InChI is InChI=1S/C16H9Cl2N3O3/c17-12-6-13(18)8-14(7-12)20-16(22)11(9-19)5-10-1-3-15(4-2-10)21(23)24/h1-8H,(H,20,22)/b11-5+. The first-order valence-electron chi connectivity index (χ1n) is 6.53. The van der Waals surface area contributed by atoms with Crippen LogP contribution in [0.15, 0.2) is 48.0 Å². The van der Waals surface area contributed by atoms with Crippen molar-refractivity contribution < 1.29 is 9.72 Å². The van der Waals surface area contributed by atoms with Gasteiger partial charge in [-0.25, -0.2) is 0 Å². The molecule has 0 radical (unpaired) electrons. The summed E-state index contributed by atoms with van der Waals surface area (Å²) in [5, 5.41) is 23.0. The highest BCUT2D eigenvalue weighted by Gasteiger charge is 2.11. The molecule has 1 N–H and O–H groups in total. The Kier molecular flexibility index (Phi) is 5.53. The average Bonchev–Trinajstić information content (AvgIpc) is 2.51. The normalized spacial score (nSPS) is 10.8. The van der Waals surface area contributed by atoms with E-state index < -0.39 is 10.8 Å². The Hall–Kier alpha value is -2.88. The van der Waals surface area contributed by atoms with E-state index in [0.29, 0.717) is 21.3 Å². The molecule has 1 amide bonds. The number of hydrogen-bond donors (Lipinski definition) is 1. The van der Waals surface area contributed by atoms with Gasteiger partial charge in [0, 0.05) is 27.9 Å². The van der Waals surface area contributed by atoms with Crippen molar-refractivity contribution in [3.05, 3.63) is 73.8 Å². The van der Waals surface area contributed by atoms with Gasteiger partial charge < -0.3 is 5.32 Å². The molecule has 2 aromatic rings. The van der Waals surface area contributed by atoms with Gasteiger partial charge in [-0.15, -0.1) is 0 Å². The molecule has 6 nitrogen and oxygen atoms in total. The van der Waals surface area contributed by atoms with Crippen molar-refractivity contribution in [3.8, 4) is 6.07 Å². The minimum Gasteiger partial charge on any atom is -0.321 e. The molecular weight excluding hydrogens is 353 g/mol. The molecule has 0 saturated heterocycles. The van der Waals surface area contributed by atoms with Crippen molar-refractivity contribution in [1.82, 2.24) is 0 Å². The predicted octanol–water partition coefficient (Wildman–Crippen LogP) is 4.45. The highest BCUT2D eigenvalue weighted by Crippen LogP contribution is 2.23. The van der Waals surface area contributed by atoms with Crippen LogP contribution in [0.2, 0.25) is 10.0 Å². The molecule has 0 saturated carbocycles. The second-order valence-electron chi connectivity index (χ2n) is 4.63. The van der Waals surface area contributed by atoms with Gasteiger partial charge in [0.15, 0.2) is 0 Å². The number of hydrogen-bond acceptors (Lipinski definition) is 4. The summed E-state index contributed by atoms with van der Waals surface area (Å²) >= 11 is 11.7. The Bertz CT molecular complexity index is 851. The molecule has 0 aliphatic heterocycles. The number of nitro groups is 1. The number of nitriles is 1. The number of nitro benzene ring substituents is 1. The molecule has 0 unspecified atom stereocenters. The molecule has 120 valence electrons. The average molecular weight is 362 g/mol. The number of nitrogens with one attached hydrogen (secondary N) is 1. The Morgan fingerprint density at radius 3 is 2.25 bits per heavy atom. The Labute approximate surface area is 147 Å². The van der Waals surface area contributed by atoms with Crippen LogP contribution in [0.1, 0.15) is 5.56 Å². The smallest absolute Gasteiger partial charge is 0.269 e. The van der Waals surface area contributed by atoms with Gasteiger partial charge in [-0.05, 0) is 42.0 Å². The Morgan fingerprint density at radius 1 is 1.17 bits per heavy atom. The highest BCUT2D eigenvalue weighted by atomic mass is 35.5. The molecule has 24 heavy (non-hydrogen) atoms. The Morgan fingerprint density at radius 2 is 1.75 bits per heavy atom. The van der Waals surface area contributed by atoms with E-state index in [9.17, 15) is 14.9 Å². The largest absolute Gasteiger partial charge is 0.321 e. The first kappa shape index (κ1) is 17.5. The summed E-state index contributed by atoms with van der Waals surface area (Å²) in [4.78, 5) is 22.2.